The van der Waals surface area contributed by atoms with Gasteiger partial charge in [0.15, 0.2) is 0 Å². The normalized spacial score (nSPS) is 14.7. The summed E-state index contributed by atoms with van der Waals surface area (Å²) in [6.07, 6.45) is 5.14. The summed E-state index contributed by atoms with van der Waals surface area (Å²) >= 11 is 0. The lowest BCUT2D eigenvalue weighted by Gasteiger charge is -2.36. The first kappa shape index (κ1) is 25.1. The number of piperazine rings is 1. The van der Waals surface area contributed by atoms with Crippen molar-refractivity contribution >= 4 is 11.9 Å². The van der Waals surface area contributed by atoms with Crippen molar-refractivity contribution in [1.82, 2.24) is 20.0 Å². The summed E-state index contributed by atoms with van der Waals surface area (Å²) in [6, 6.07) is 6.22. The molecule has 0 aliphatic carbocycles. The molecular formula is C24H39FN4O2. The molecule has 7 heteroatoms. The number of benzene rings is 1. The average molecular weight is 435 g/mol. The minimum atomic E-state index is -0.278. The maximum atomic E-state index is 13.2. The highest BCUT2D eigenvalue weighted by Crippen LogP contribution is 2.10. The van der Waals surface area contributed by atoms with Crippen molar-refractivity contribution in [3.05, 3.63) is 35.6 Å². The molecule has 0 radical (unpaired) electrons. The quantitative estimate of drug-likeness (QED) is 0.538. The topological polar surface area (TPSA) is 55.9 Å². The molecule has 1 saturated heterocycles. The maximum absolute atomic E-state index is 13.2. The fraction of sp³-hybridized carbons (Fsp3) is 0.667. The molecular weight excluding hydrogens is 395 g/mol. The molecule has 0 aromatic heterocycles. The minimum Gasteiger partial charge on any atom is -0.340 e. The predicted octanol–water partition coefficient (Wildman–Crippen LogP) is 3.86. The smallest absolute Gasteiger partial charge is 0.317 e. The number of carbonyl (C=O) groups is 2. The van der Waals surface area contributed by atoms with Crippen LogP contribution in [0.4, 0.5) is 9.18 Å². The summed E-state index contributed by atoms with van der Waals surface area (Å²) in [5.74, 6) is -0.00952. The van der Waals surface area contributed by atoms with E-state index in [4.69, 9.17) is 0 Å². The second kappa shape index (κ2) is 13.3. The third kappa shape index (κ3) is 9.25. The van der Waals surface area contributed by atoms with Gasteiger partial charge in [0.05, 0.1) is 0 Å². The number of nitrogens with one attached hydrogen (secondary N) is 1. The van der Waals surface area contributed by atoms with E-state index in [0.29, 0.717) is 19.5 Å². The van der Waals surface area contributed by atoms with Crippen molar-refractivity contribution in [2.75, 3.05) is 39.3 Å². The largest absolute Gasteiger partial charge is 0.340 e. The Labute approximate surface area is 186 Å². The van der Waals surface area contributed by atoms with E-state index in [1.54, 1.807) is 17.0 Å². The Hall–Kier alpha value is -2.15. The zero-order valence-electron chi connectivity index (χ0n) is 19.4. The van der Waals surface area contributed by atoms with Gasteiger partial charge in [-0.25, -0.2) is 9.18 Å². The average Bonchev–Trinajstić information content (AvgIpc) is 2.75. The zero-order valence-corrected chi connectivity index (χ0v) is 19.4. The van der Waals surface area contributed by atoms with Crippen LogP contribution in [0.15, 0.2) is 24.3 Å². The van der Waals surface area contributed by atoms with Gasteiger partial charge in [-0.05, 0) is 38.0 Å². The van der Waals surface area contributed by atoms with E-state index in [2.05, 4.69) is 17.1 Å². The number of hydrogen-bond acceptors (Lipinski definition) is 3. The number of carbonyl (C=O) groups excluding carboxylic acids is 2. The molecule has 174 valence electrons. The van der Waals surface area contributed by atoms with Crippen molar-refractivity contribution in [2.24, 2.45) is 0 Å². The first-order chi connectivity index (χ1) is 14.9. The first-order valence-electron chi connectivity index (χ1n) is 11.7. The zero-order chi connectivity index (χ0) is 22.6. The molecule has 6 nitrogen and oxygen atoms in total. The van der Waals surface area contributed by atoms with Crippen molar-refractivity contribution in [2.45, 2.75) is 65.5 Å². The predicted molar refractivity (Wildman–Crippen MR) is 122 cm³/mol. The lowest BCUT2D eigenvalue weighted by atomic mass is 10.1. The first-order valence-corrected chi connectivity index (χ1v) is 11.7. The molecule has 1 aliphatic rings. The molecule has 0 atom stereocenters. The van der Waals surface area contributed by atoms with Crippen molar-refractivity contribution in [3.63, 3.8) is 0 Å². The molecule has 1 aromatic carbocycles. The number of halogens is 1. The highest BCUT2D eigenvalue weighted by atomic mass is 19.1. The second-order valence-corrected chi connectivity index (χ2v) is 8.69. The Morgan fingerprint density at radius 2 is 1.74 bits per heavy atom. The standard InChI is InChI=1S/C24H39FN4O2/c1-4-5-6-7-8-23(30)28-16-13-27(14-17-28)15-18-29(24(31)26-20(2)3)19-21-9-11-22(25)12-10-21/h9-12,20H,4-8,13-19H2,1-3H3,(H,26,31). The van der Waals surface area contributed by atoms with Gasteiger partial charge in [-0.3, -0.25) is 9.69 Å². The molecule has 1 aliphatic heterocycles. The summed E-state index contributed by atoms with van der Waals surface area (Å²) in [5, 5.41) is 2.95. The van der Waals surface area contributed by atoms with E-state index in [0.717, 1.165) is 51.1 Å². The van der Waals surface area contributed by atoms with Crippen LogP contribution in [0.3, 0.4) is 0 Å². The number of rotatable bonds is 11. The van der Waals surface area contributed by atoms with Crippen LogP contribution < -0.4 is 5.32 Å². The van der Waals surface area contributed by atoms with E-state index in [9.17, 15) is 14.0 Å². The summed E-state index contributed by atoms with van der Waals surface area (Å²) in [6.45, 7) is 11.0. The van der Waals surface area contributed by atoms with Crippen LogP contribution >= 0.6 is 0 Å². The van der Waals surface area contributed by atoms with Crippen LogP contribution in [0.2, 0.25) is 0 Å². The van der Waals surface area contributed by atoms with Crippen LogP contribution in [0.1, 0.15) is 58.4 Å². The van der Waals surface area contributed by atoms with E-state index in [1.165, 1.54) is 25.0 Å². The SMILES string of the molecule is CCCCCCC(=O)N1CCN(CCN(Cc2ccc(F)cc2)C(=O)NC(C)C)CC1. The third-order valence-electron chi connectivity index (χ3n) is 5.64. The molecule has 0 unspecified atom stereocenters. The molecule has 1 N–H and O–H groups in total. The molecule has 1 aromatic rings. The molecule has 0 saturated carbocycles. The Morgan fingerprint density at radius 3 is 2.35 bits per heavy atom. The van der Waals surface area contributed by atoms with E-state index in [-0.39, 0.29) is 23.8 Å². The monoisotopic (exact) mass is 434 g/mol. The number of nitrogens with zero attached hydrogens (tertiary/aromatic N) is 3. The molecule has 31 heavy (non-hydrogen) atoms. The maximum Gasteiger partial charge on any atom is 0.317 e. The fourth-order valence-corrected chi connectivity index (χ4v) is 3.74. The van der Waals surface area contributed by atoms with Crippen molar-refractivity contribution < 1.29 is 14.0 Å². The van der Waals surface area contributed by atoms with Gasteiger partial charge in [0.2, 0.25) is 5.91 Å². The second-order valence-electron chi connectivity index (χ2n) is 8.69. The van der Waals surface area contributed by atoms with Gasteiger partial charge in [-0.15, -0.1) is 0 Å². The van der Waals surface area contributed by atoms with Gasteiger partial charge >= 0.3 is 6.03 Å². The van der Waals surface area contributed by atoms with E-state index < -0.39 is 0 Å². The van der Waals surface area contributed by atoms with Crippen molar-refractivity contribution in [3.8, 4) is 0 Å². The number of unbranched alkanes of at least 4 members (excludes halogenated alkanes) is 3. The highest BCUT2D eigenvalue weighted by molar-refractivity contribution is 5.76. The van der Waals surface area contributed by atoms with Crippen LogP contribution in [0, 0.1) is 5.82 Å². The Balaban J connectivity index is 1.81. The number of amides is 3. The van der Waals surface area contributed by atoms with Crippen LogP contribution in [0.5, 0.6) is 0 Å². The number of urea groups is 1. The Kier molecular flexibility index (Phi) is 10.8. The molecule has 3 amide bonds. The molecule has 1 fully saturated rings. The molecule has 0 bridgehead atoms. The lowest BCUT2D eigenvalue weighted by molar-refractivity contribution is -0.133. The minimum absolute atomic E-state index is 0.0510. The summed E-state index contributed by atoms with van der Waals surface area (Å²) in [7, 11) is 0. The van der Waals surface area contributed by atoms with Crippen molar-refractivity contribution in [1.29, 1.82) is 0 Å². The van der Waals surface area contributed by atoms with Gasteiger partial charge in [-0.2, -0.15) is 0 Å². The third-order valence-corrected chi connectivity index (χ3v) is 5.64. The van der Waals surface area contributed by atoms with Gasteiger partial charge in [0, 0.05) is 58.3 Å². The summed E-state index contributed by atoms with van der Waals surface area (Å²) in [5.41, 5.74) is 0.902. The van der Waals surface area contributed by atoms with Crippen LogP contribution in [-0.2, 0) is 11.3 Å². The molecule has 1 heterocycles. The van der Waals surface area contributed by atoms with Gasteiger partial charge < -0.3 is 15.1 Å². The van der Waals surface area contributed by atoms with Gasteiger partial charge in [-0.1, -0.05) is 38.3 Å². The Bertz CT molecular complexity index is 673. The van der Waals surface area contributed by atoms with Gasteiger partial charge in [0.1, 0.15) is 5.82 Å². The molecule has 0 spiro atoms. The highest BCUT2D eigenvalue weighted by Gasteiger charge is 2.22. The van der Waals surface area contributed by atoms with E-state index in [1.807, 2.05) is 18.7 Å². The molecule has 2 rings (SSSR count). The number of hydrogen-bond donors (Lipinski definition) is 1. The van der Waals surface area contributed by atoms with Crippen LogP contribution in [-0.4, -0.2) is 71.9 Å². The fourth-order valence-electron chi connectivity index (χ4n) is 3.74. The van der Waals surface area contributed by atoms with Crippen LogP contribution in [0.25, 0.3) is 0 Å². The van der Waals surface area contributed by atoms with E-state index >= 15 is 0 Å². The summed E-state index contributed by atoms with van der Waals surface area (Å²) < 4.78 is 13.2. The Morgan fingerprint density at radius 1 is 1.06 bits per heavy atom. The van der Waals surface area contributed by atoms with Gasteiger partial charge in [0.25, 0.3) is 0 Å². The lowest BCUT2D eigenvalue weighted by Crippen LogP contribution is -2.51. The summed E-state index contributed by atoms with van der Waals surface area (Å²) in [4.78, 5) is 31.1.